The smallest absolute Gasteiger partial charge is 0.251 e. The normalized spacial score (nSPS) is 10.7. The minimum atomic E-state index is -0.0834. The Morgan fingerprint density at radius 2 is 1.44 bits per heavy atom. The number of pyridine rings is 3. The van der Waals surface area contributed by atoms with Crippen molar-refractivity contribution < 1.29 is 9.36 Å². The maximum Gasteiger partial charge on any atom is 0.251 e. The van der Waals surface area contributed by atoms with E-state index < -0.39 is 0 Å². The van der Waals surface area contributed by atoms with Crippen LogP contribution >= 0.6 is 0 Å². The minimum absolute atomic E-state index is 0.0834. The molecule has 0 aliphatic carbocycles. The summed E-state index contributed by atoms with van der Waals surface area (Å²) in [6, 6.07) is 11.4. The Kier molecular flexibility index (Phi) is 5.61. The van der Waals surface area contributed by atoms with E-state index >= 15 is 0 Å². The zero-order valence-electron chi connectivity index (χ0n) is 13.7. The van der Waals surface area contributed by atoms with E-state index in [1.807, 2.05) is 41.2 Å². The van der Waals surface area contributed by atoms with Crippen LogP contribution in [0.2, 0.25) is 0 Å². The Morgan fingerprint density at radius 1 is 0.880 bits per heavy atom. The Balaban J connectivity index is 1.49. The average molecular weight is 331 g/mol. The number of hydrogen-bond donors (Lipinski definition) is 1. The lowest BCUT2D eigenvalue weighted by atomic mass is 10.2. The Morgan fingerprint density at radius 3 is 2.08 bits per heavy atom. The fourth-order valence-electron chi connectivity index (χ4n) is 2.30. The SMILES string of the molecule is O=C(NCC[n+]1ccc(/C=C/c2ccncc2)cc1)c1ccncc1. The summed E-state index contributed by atoms with van der Waals surface area (Å²) in [6.07, 6.45) is 14.9. The number of nitrogens with one attached hydrogen (secondary N) is 1. The topological polar surface area (TPSA) is 58.8 Å². The van der Waals surface area contributed by atoms with Crippen molar-refractivity contribution in [3.63, 3.8) is 0 Å². The van der Waals surface area contributed by atoms with E-state index in [0.717, 1.165) is 11.1 Å². The van der Waals surface area contributed by atoms with Crippen LogP contribution in [0.1, 0.15) is 21.5 Å². The van der Waals surface area contributed by atoms with Crippen LogP contribution in [0.4, 0.5) is 0 Å². The largest absolute Gasteiger partial charge is 0.346 e. The number of hydrogen-bond acceptors (Lipinski definition) is 3. The fourth-order valence-corrected chi connectivity index (χ4v) is 2.30. The van der Waals surface area contributed by atoms with Crippen LogP contribution in [0, 0.1) is 0 Å². The predicted molar refractivity (Wildman–Crippen MR) is 96.4 cm³/mol. The zero-order chi connectivity index (χ0) is 17.3. The Labute approximate surface area is 146 Å². The van der Waals surface area contributed by atoms with Crippen LogP contribution in [0.25, 0.3) is 12.2 Å². The molecule has 0 fully saturated rings. The monoisotopic (exact) mass is 331 g/mol. The summed E-state index contributed by atoms with van der Waals surface area (Å²) >= 11 is 0. The third-order valence-electron chi connectivity index (χ3n) is 3.69. The summed E-state index contributed by atoms with van der Waals surface area (Å²) in [5.74, 6) is -0.0834. The molecule has 5 heteroatoms. The fraction of sp³-hybridized carbons (Fsp3) is 0.100. The molecule has 0 radical (unpaired) electrons. The summed E-state index contributed by atoms with van der Waals surface area (Å²) in [7, 11) is 0. The molecule has 1 amide bonds. The summed E-state index contributed by atoms with van der Waals surface area (Å²) < 4.78 is 2.04. The number of carbonyl (C=O) groups is 1. The van der Waals surface area contributed by atoms with Crippen molar-refractivity contribution in [3.05, 3.63) is 90.3 Å². The van der Waals surface area contributed by atoms with Crippen LogP contribution in [0.3, 0.4) is 0 Å². The van der Waals surface area contributed by atoms with Crippen molar-refractivity contribution in [3.8, 4) is 0 Å². The molecule has 3 aromatic rings. The molecule has 0 spiro atoms. The van der Waals surface area contributed by atoms with E-state index in [1.54, 1.807) is 36.9 Å². The molecular weight excluding hydrogens is 312 g/mol. The van der Waals surface area contributed by atoms with Crippen molar-refractivity contribution in [2.24, 2.45) is 0 Å². The molecule has 0 bridgehead atoms. The molecule has 0 aliphatic heterocycles. The summed E-state index contributed by atoms with van der Waals surface area (Å²) in [5, 5.41) is 2.90. The van der Waals surface area contributed by atoms with E-state index in [-0.39, 0.29) is 5.91 Å². The first-order valence-electron chi connectivity index (χ1n) is 8.07. The first kappa shape index (κ1) is 16.5. The van der Waals surface area contributed by atoms with Crippen molar-refractivity contribution in [2.45, 2.75) is 6.54 Å². The highest BCUT2D eigenvalue weighted by atomic mass is 16.1. The molecule has 124 valence electrons. The van der Waals surface area contributed by atoms with Crippen molar-refractivity contribution in [1.82, 2.24) is 15.3 Å². The third kappa shape index (κ3) is 5.07. The molecule has 5 nitrogen and oxygen atoms in total. The van der Waals surface area contributed by atoms with Crippen molar-refractivity contribution >= 4 is 18.1 Å². The second kappa shape index (κ2) is 8.49. The van der Waals surface area contributed by atoms with Gasteiger partial charge in [0, 0.05) is 42.5 Å². The van der Waals surface area contributed by atoms with Crippen molar-refractivity contribution in [1.29, 1.82) is 0 Å². The van der Waals surface area contributed by atoms with Gasteiger partial charge in [0.05, 0.1) is 6.54 Å². The van der Waals surface area contributed by atoms with Gasteiger partial charge in [-0.15, -0.1) is 0 Å². The summed E-state index contributed by atoms with van der Waals surface area (Å²) in [4.78, 5) is 19.9. The number of rotatable bonds is 6. The zero-order valence-corrected chi connectivity index (χ0v) is 13.7. The number of carbonyl (C=O) groups excluding carboxylic acids is 1. The van der Waals surface area contributed by atoms with Crippen LogP contribution in [-0.4, -0.2) is 22.4 Å². The quantitative estimate of drug-likeness (QED) is 0.706. The number of amides is 1. The molecule has 0 saturated carbocycles. The van der Waals surface area contributed by atoms with Crippen LogP contribution in [-0.2, 0) is 6.54 Å². The van der Waals surface area contributed by atoms with Gasteiger partial charge in [0.15, 0.2) is 18.9 Å². The molecule has 1 N–H and O–H groups in total. The van der Waals surface area contributed by atoms with Gasteiger partial charge >= 0.3 is 0 Å². The molecule has 25 heavy (non-hydrogen) atoms. The first-order valence-corrected chi connectivity index (χ1v) is 8.07. The molecule has 3 rings (SSSR count). The van der Waals surface area contributed by atoms with Gasteiger partial charge in [-0.3, -0.25) is 14.8 Å². The third-order valence-corrected chi connectivity index (χ3v) is 3.69. The standard InChI is InChI=1S/C20H18N4O/c25-20(19-5-11-22-12-6-19)23-13-16-24-14-7-18(8-15-24)2-1-17-3-9-21-10-4-17/h1-12,14-15H,13,16H2/p+1/b2-1+. The lowest BCUT2D eigenvalue weighted by Gasteiger charge is -2.03. The van der Waals surface area contributed by atoms with Gasteiger partial charge in [0.25, 0.3) is 5.91 Å². The van der Waals surface area contributed by atoms with Gasteiger partial charge in [-0.2, -0.15) is 0 Å². The Hall–Kier alpha value is -3.34. The van der Waals surface area contributed by atoms with E-state index in [1.165, 1.54) is 0 Å². The van der Waals surface area contributed by atoms with Gasteiger partial charge in [0.1, 0.15) is 0 Å². The molecule has 0 aliphatic rings. The van der Waals surface area contributed by atoms with Gasteiger partial charge < -0.3 is 5.32 Å². The highest BCUT2D eigenvalue weighted by Crippen LogP contribution is 2.05. The Bertz CT molecular complexity index is 831. The lowest BCUT2D eigenvalue weighted by Crippen LogP contribution is -2.40. The average Bonchev–Trinajstić information content (AvgIpc) is 2.69. The van der Waals surface area contributed by atoms with Gasteiger partial charge in [-0.1, -0.05) is 12.2 Å². The van der Waals surface area contributed by atoms with Crippen LogP contribution < -0.4 is 9.88 Å². The molecule has 0 saturated heterocycles. The first-order chi connectivity index (χ1) is 12.3. The lowest BCUT2D eigenvalue weighted by molar-refractivity contribution is -0.694. The van der Waals surface area contributed by atoms with Gasteiger partial charge in [-0.05, 0) is 35.4 Å². The van der Waals surface area contributed by atoms with E-state index in [9.17, 15) is 4.79 Å². The van der Waals surface area contributed by atoms with Crippen LogP contribution in [0.15, 0.2) is 73.6 Å². The van der Waals surface area contributed by atoms with Gasteiger partial charge in [-0.25, -0.2) is 4.57 Å². The maximum atomic E-state index is 11.9. The molecule has 0 atom stereocenters. The minimum Gasteiger partial charge on any atom is -0.346 e. The molecule has 3 aromatic heterocycles. The van der Waals surface area contributed by atoms with Gasteiger partial charge in [0.2, 0.25) is 0 Å². The van der Waals surface area contributed by atoms with Crippen LogP contribution in [0.5, 0.6) is 0 Å². The summed E-state index contributed by atoms with van der Waals surface area (Å²) in [5.41, 5.74) is 2.86. The van der Waals surface area contributed by atoms with E-state index in [0.29, 0.717) is 18.7 Å². The van der Waals surface area contributed by atoms with E-state index in [2.05, 4.69) is 27.4 Å². The highest BCUT2D eigenvalue weighted by Gasteiger charge is 2.05. The summed E-state index contributed by atoms with van der Waals surface area (Å²) in [6.45, 7) is 1.28. The number of nitrogens with zero attached hydrogens (tertiary/aromatic N) is 3. The molecular formula is C20H19N4O+. The second-order valence-corrected chi connectivity index (χ2v) is 5.47. The maximum absolute atomic E-state index is 11.9. The second-order valence-electron chi connectivity index (χ2n) is 5.47. The number of aromatic nitrogens is 3. The predicted octanol–water partition coefficient (Wildman–Crippen LogP) is 2.36. The van der Waals surface area contributed by atoms with E-state index in [4.69, 9.17) is 0 Å². The molecule has 0 unspecified atom stereocenters. The van der Waals surface area contributed by atoms with Crippen molar-refractivity contribution in [2.75, 3.05) is 6.54 Å². The highest BCUT2D eigenvalue weighted by molar-refractivity contribution is 5.93. The molecule has 3 heterocycles. The molecule has 0 aromatic carbocycles.